The molecule has 0 radical (unpaired) electrons. The molecule has 0 bridgehead atoms. The van der Waals surface area contributed by atoms with Gasteiger partial charge < -0.3 is 10.3 Å². The number of nitrogens with one attached hydrogen (secondary N) is 2. The fourth-order valence-electron chi connectivity index (χ4n) is 1.66. The lowest BCUT2D eigenvalue weighted by Gasteiger charge is -2.09. The normalized spacial score (nSPS) is 10.6. The zero-order valence-electron chi connectivity index (χ0n) is 10.5. The third kappa shape index (κ3) is 3.20. The average molecular weight is 266 g/mol. The Bertz CT molecular complexity index is 509. The number of halogens is 1. The summed E-state index contributed by atoms with van der Waals surface area (Å²) in [5, 5.41) is 3.79. The van der Waals surface area contributed by atoms with E-state index in [0.717, 1.165) is 36.6 Å². The van der Waals surface area contributed by atoms with Crippen molar-refractivity contribution in [1.82, 2.24) is 19.9 Å². The Morgan fingerprint density at radius 2 is 2.17 bits per heavy atom. The predicted octanol–water partition coefficient (Wildman–Crippen LogP) is 2.51. The molecule has 0 aliphatic carbocycles. The molecule has 0 unspecified atom stereocenters. The minimum atomic E-state index is 0.510. The maximum absolute atomic E-state index is 6.01. The lowest BCUT2D eigenvalue weighted by molar-refractivity contribution is 0.811. The van der Waals surface area contributed by atoms with E-state index in [1.54, 1.807) is 6.20 Å². The summed E-state index contributed by atoms with van der Waals surface area (Å²) in [6.45, 7) is 4.57. The Morgan fingerprint density at radius 3 is 2.89 bits per heavy atom. The molecule has 96 valence electrons. The minimum absolute atomic E-state index is 0.510. The molecule has 2 aromatic heterocycles. The first-order valence-corrected chi connectivity index (χ1v) is 6.27. The second kappa shape index (κ2) is 5.82. The SMILES string of the molecule is Cc1nc(Cl)c(C)c(NCCCc2ncc[nH]2)n1. The molecule has 0 saturated heterocycles. The predicted molar refractivity (Wildman–Crippen MR) is 71.9 cm³/mol. The van der Waals surface area contributed by atoms with Gasteiger partial charge in [-0.3, -0.25) is 0 Å². The summed E-state index contributed by atoms with van der Waals surface area (Å²) in [5.41, 5.74) is 0.889. The largest absolute Gasteiger partial charge is 0.370 e. The van der Waals surface area contributed by atoms with Crippen LogP contribution in [-0.4, -0.2) is 26.5 Å². The first-order chi connectivity index (χ1) is 8.66. The van der Waals surface area contributed by atoms with Crippen LogP contribution in [0.5, 0.6) is 0 Å². The highest BCUT2D eigenvalue weighted by atomic mass is 35.5. The van der Waals surface area contributed by atoms with E-state index in [4.69, 9.17) is 11.6 Å². The topological polar surface area (TPSA) is 66.5 Å². The maximum Gasteiger partial charge on any atom is 0.137 e. The lowest BCUT2D eigenvalue weighted by Crippen LogP contribution is -2.08. The molecule has 6 heteroatoms. The van der Waals surface area contributed by atoms with E-state index in [-0.39, 0.29) is 0 Å². The molecule has 0 aliphatic rings. The first-order valence-electron chi connectivity index (χ1n) is 5.89. The van der Waals surface area contributed by atoms with Gasteiger partial charge in [0.25, 0.3) is 0 Å². The molecule has 0 fully saturated rings. The monoisotopic (exact) mass is 265 g/mol. The third-order valence-corrected chi connectivity index (χ3v) is 3.00. The van der Waals surface area contributed by atoms with Crippen molar-refractivity contribution >= 4 is 17.4 Å². The van der Waals surface area contributed by atoms with Crippen molar-refractivity contribution < 1.29 is 0 Å². The second-order valence-electron chi connectivity index (χ2n) is 4.10. The highest BCUT2D eigenvalue weighted by Gasteiger charge is 2.06. The maximum atomic E-state index is 6.01. The molecule has 5 nitrogen and oxygen atoms in total. The van der Waals surface area contributed by atoms with Crippen LogP contribution in [0.25, 0.3) is 0 Å². The van der Waals surface area contributed by atoms with Crippen molar-refractivity contribution in [3.63, 3.8) is 0 Å². The number of aryl methyl sites for hydroxylation is 2. The summed E-state index contributed by atoms with van der Waals surface area (Å²) in [5.74, 6) is 2.50. The van der Waals surface area contributed by atoms with E-state index >= 15 is 0 Å². The first kappa shape index (κ1) is 12.8. The van der Waals surface area contributed by atoms with E-state index in [1.165, 1.54) is 0 Å². The van der Waals surface area contributed by atoms with Crippen molar-refractivity contribution in [2.75, 3.05) is 11.9 Å². The van der Waals surface area contributed by atoms with Crippen LogP contribution in [0.2, 0.25) is 5.15 Å². The van der Waals surface area contributed by atoms with Gasteiger partial charge in [-0.2, -0.15) is 0 Å². The van der Waals surface area contributed by atoms with Crippen LogP contribution < -0.4 is 5.32 Å². The highest BCUT2D eigenvalue weighted by molar-refractivity contribution is 6.30. The molecule has 0 aromatic carbocycles. The molecular weight excluding hydrogens is 250 g/mol. The van der Waals surface area contributed by atoms with Gasteiger partial charge in [0.1, 0.15) is 22.6 Å². The van der Waals surface area contributed by atoms with Crippen LogP contribution in [0.15, 0.2) is 12.4 Å². The van der Waals surface area contributed by atoms with Gasteiger partial charge in [0.05, 0.1) is 0 Å². The molecule has 2 rings (SSSR count). The number of rotatable bonds is 5. The number of nitrogens with zero attached hydrogens (tertiary/aromatic N) is 3. The summed E-state index contributed by atoms with van der Waals surface area (Å²) in [4.78, 5) is 15.7. The van der Waals surface area contributed by atoms with Gasteiger partial charge in [-0.05, 0) is 20.3 Å². The zero-order valence-corrected chi connectivity index (χ0v) is 11.3. The van der Waals surface area contributed by atoms with Crippen LogP contribution in [0.1, 0.15) is 23.6 Å². The number of aromatic amines is 1. The Morgan fingerprint density at radius 1 is 1.33 bits per heavy atom. The van der Waals surface area contributed by atoms with E-state index in [0.29, 0.717) is 11.0 Å². The van der Waals surface area contributed by atoms with Crippen LogP contribution in [0, 0.1) is 13.8 Å². The van der Waals surface area contributed by atoms with Gasteiger partial charge in [0.15, 0.2) is 0 Å². The van der Waals surface area contributed by atoms with Crippen LogP contribution in [0.4, 0.5) is 5.82 Å². The Balaban J connectivity index is 1.86. The van der Waals surface area contributed by atoms with Gasteiger partial charge in [0.2, 0.25) is 0 Å². The molecule has 18 heavy (non-hydrogen) atoms. The zero-order chi connectivity index (χ0) is 13.0. The lowest BCUT2D eigenvalue weighted by atomic mass is 10.3. The van der Waals surface area contributed by atoms with Crippen molar-refractivity contribution in [3.8, 4) is 0 Å². The molecule has 0 atom stereocenters. The Hall–Kier alpha value is -1.62. The highest BCUT2D eigenvalue weighted by Crippen LogP contribution is 2.19. The fourth-order valence-corrected chi connectivity index (χ4v) is 1.88. The smallest absolute Gasteiger partial charge is 0.137 e. The van der Waals surface area contributed by atoms with E-state index in [9.17, 15) is 0 Å². The summed E-state index contributed by atoms with van der Waals surface area (Å²) in [6, 6.07) is 0. The van der Waals surface area contributed by atoms with Gasteiger partial charge >= 0.3 is 0 Å². The van der Waals surface area contributed by atoms with Crippen molar-refractivity contribution in [2.45, 2.75) is 26.7 Å². The van der Waals surface area contributed by atoms with Gasteiger partial charge in [-0.15, -0.1) is 0 Å². The molecule has 2 heterocycles. The van der Waals surface area contributed by atoms with E-state index < -0.39 is 0 Å². The molecule has 0 spiro atoms. The summed E-state index contributed by atoms with van der Waals surface area (Å²) >= 11 is 6.01. The van der Waals surface area contributed by atoms with Crippen molar-refractivity contribution in [2.24, 2.45) is 0 Å². The van der Waals surface area contributed by atoms with Gasteiger partial charge in [0, 0.05) is 30.9 Å². The number of H-pyrrole nitrogens is 1. The third-order valence-electron chi connectivity index (χ3n) is 2.64. The number of hydrogen-bond donors (Lipinski definition) is 2. The molecular formula is C12H16ClN5. The Labute approximate surface area is 111 Å². The van der Waals surface area contributed by atoms with Gasteiger partial charge in [-0.1, -0.05) is 11.6 Å². The van der Waals surface area contributed by atoms with E-state index in [2.05, 4.69) is 25.3 Å². The van der Waals surface area contributed by atoms with Crippen LogP contribution in [-0.2, 0) is 6.42 Å². The van der Waals surface area contributed by atoms with Gasteiger partial charge in [-0.25, -0.2) is 15.0 Å². The summed E-state index contributed by atoms with van der Waals surface area (Å²) in [7, 11) is 0. The number of aromatic nitrogens is 4. The molecule has 0 aliphatic heterocycles. The van der Waals surface area contributed by atoms with Crippen molar-refractivity contribution in [3.05, 3.63) is 34.8 Å². The minimum Gasteiger partial charge on any atom is -0.370 e. The number of anilines is 1. The summed E-state index contributed by atoms with van der Waals surface area (Å²) < 4.78 is 0. The van der Waals surface area contributed by atoms with Crippen LogP contribution in [0.3, 0.4) is 0 Å². The average Bonchev–Trinajstić information content (AvgIpc) is 2.83. The Kier molecular flexibility index (Phi) is 4.15. The quantitative estimate of drug-likeness (QED) is 0.644. The molecule has 0 saturated carbocycles. The molecule has 0 amide bonds. The molecule has 2 aromatic rings. The fraction of sp³-hybridized carbons (Fsp3) is 0.417. The number of imidazole rings is 1. The second-order valence-corrected chi connectivity index (χ2v) is 4.46. The van der Waals surface area contributed by atoms with Crippen molar-refractivity contribution in [1.29, 1.82) is 0 Å². The summed E-state index contributed by atoms with van der Waals surface area (Å²) in [6.07, 6.45) is 5.49. The van der Waals surface area contributed by atoms with Crippen LogP contribution >= 0.6 is 11.6 Å². The van der Waals surface area contributed by atoms with E-state index in [1.807, 2.05) is 20.0 Å². The number of hydrogen-bond acceptors (Lipinski definition) is 4. The molecule has 2 N–H and O–H groups in total. The standard InChI is InChI=1S/C12H16ClN5/c1-8-11(13)17-9(2)18-12(8)16-5-3-4-10-14-6-7-15-10/h6-7H,3-5H2,1-2H3,(H,14,15)(H,16,17,18).